The highest BCUT2D eigenvalue weighted by Crippen LogP contribution is 2.45. The van der Waals surface area contributed by atoms with Gasteiger partial charge < -0.3 is 9.84 Å². The molecule has 1 atom stereocenters. The zero-order chi connectivity index (χ0) is 23.9. The fraction of sp³-hybridized carbons (Fsp3) is 0.120. The maximum Gasteiger partial charge on any atom is 0.300 e. The zero-order valence-electron chi connectivity index (χ0n) is 17.6. The van der Waals surface area contributed by atoms with Gasteiger partial charge in [-0.15, -0.1) is 0 Å². The van der Waals surface area contributed by atoms with Gasteiger partial charge in [-0.25, -0.2) is 4.39 Å². The molecule has 1 aliphatic rings. The van der Waals surface area contributed by atoms with Crippen molar-refractivity contribution in [2.45, 2.75) is 13.0 Å². The fourth-order valence-electron chi connectivity index (χ4n) is 3.98. The van der Waals surface area contributed by atoms with E-state index < -0.39 is 29.3 Å². The number of halogens is 3. The van der Waals surface area contributed by atoms with E-state index in [4.69, 9.17) is 27.9 Å². The van der Waals surface area contributed by atoms with Crippen LogP contribution in [0, 0.1) is 12.7 Å². The SMILES string of the molecule is COc1ccc(F)cc1/C(O)=C1\C(=O)C(=O)N(c2cc(Cl)cc(Cl)c2)C1c1ccccc1C. The van der Waals surface area contributed by atoms with Gasteiger partial charge >= 0.3 is 0 Å². The lowest BCUT2D eigenvalue weighted by Gasteiger charge is -2.27. The van der Waals surface area contributed by atoms with Gasteiger partial charge in [0.05, 0.1) is 24.3 Å². The van der Waals surface area contributed by atoms with Crippen LogP contribution in [0.3, 0.4) is 0 Å². The van der Waals surface area contributed by atoms with Gasteiger partial charge in [0.25, 0.3) is 11.7 Å². The van der Waals surface area contributed by atoms with Gasteiger partial charge in [-0.3, -0.25) is 14.5 Å². The number of amides is 1. The largest absolute Gasteiger partial charge is 0.507 e. The molecule has 1 unspecified atom stereocenters. The molecule has 8 heteroatoms. The zero-order valence-corrected chi connectivity index (χ0v) is 19.1. The van der Waals surface area contributed by atoms with Gasteiger partial charge in [-0.05, 0) is 54.4 Å². The summed E-state index contributed by atoms with van der Waals surface area (Å²) in [6.07, 6.45) is 0. The summed E-state index contributed by atoms with van der Waals surface area (Å²) in [5, 5.41) is 11.8. The molecule has 0 radical (unpaired) electrons. The first-order valence-electron chi connectivity index (χ1n) is 9.89. The number of methoxy groups -OCH3 is 1. The number of aliphatic hydroxyl groups is 1. The smallest absolute Gasteiger partial charge is 0.300 e. The number of aryl methyl sites for hydroxylation is 1. The van der Waals surface area contributed by atoms with E-state index >= 15 is 0 Å². The Bertz CT molecular complexity index is 1300. The van der Waals surface area contributed by atoms with E-state index in [0.717, 1.165) is 11.6 Å². The second-order valence-electron chi connectivity index (χ2n) is 7.50. The van der Waals surface area contributed by atoms with Crippen molar-refractivity contribution in [2.75, 3.05) is 12.0 Å². The van der Waals surface area contributed by atoms with E-state index in [0.29, 0.717) is 5.56 Å². The number of aliphatic hydroxyl groups excluding tert-OH is 1. The molecule has 0 aromatic heterocycles. The number of ketones is 1. The standard InChI is InChI=1S/C25H18Cl2FNO4/c1-13-5-3-4-6-18(13)22-21(23(30)19-12-16(28)7-8-20(19)33-2)24(31)25(32)29(22)17-10-14(26)9-15(27)11-17/h3-12,22,30H,1-2H3/b23-21+. The molecular weight excluding hydrogens is 468 g/mol. The highest BCUT2D eigenvalue weighted by Gasteiger charge is 2.47. The molecule has 0 saturated carbocycles. The molecule has 5 nitrogen and oxygen atoms in total. The van der Waals surface area contributed by atoms with Gasteiger partial charge in [0.1, 0.15) is 17.3 Å². The summed E-state index contributed by atoms with van der Waals surface area (Å²) >= 11 is 12.3. The normalized spacial score (nSPS) is 17.5. The summed E-state index contributed by atoms with van der Waals surface area (Å²) in [5.41, 5.74) is 1.42. The van der Waals surface area contributed by atoms with Crippen LogP contribution in [-0.4, -0.2) is 23.9 Å². The van der Waals surface area contributed by atoms with Crippen LogP contribution in [0.15, 0.2) is 66.2 Å². The van der Waals surface area contributed by atoms with Gasteiger partial charge in [-0.1, -0.05) is 47.5 Å². The lowest BCUT2D eigenvalue weighted by molar-refractivity contribution is -0.132. The number of hydrogen-bond donors (Lipinski definition) is 1. The van der Waals surface area contributed by atoms with Crippen molar-refractivity contribution in [1.29, 1.82) is 0 Å². The van der Waals surface area contributed by atoms with Crippen LogP contribution in [0.5, 0.6) is 5.75 Å². The molecule has 1 saturated heterocycles. The number of Topliss-reactive ketones (excluding diaryl/α,β-unsaturated/α-hetero) is 1. The molecule has 33 heavy (non-hydrogen) atoms. The summed E-state index contributed by atoms with van der Waals surface area (Å²) < 4.78 is 19.3. The number of rotatable bonds is 4. The molecule has 4 rings (SSSR count). The molecule has 3 aromatic rings. The highest BCUT2D eigenvalue weighted by atomic mass is 35.5. The molecule has 1 aliphatic heterocycles. The van der Waals surface area contributed by atoms with Gasteiger partial charge in [0.15, 0.2) is 0 Å². The topological polar surface area (TPSA) is 66.8 Å². The Hall–Kier alpha value is -3.35. The van der Waals surface area contributed by atoms with Crippen molar-refractivity contribution in [1.82, 2.24) is 0 Å². The number of hydrogen-bond acceptors (Lipinski definition) is 4. The first-order chi connectivity index (χ1) is 15.7. The summed E-state index contributed by atoms with van der Waals surface area (Å²) in [6, 6.07) is 14.2. The van der Waals surface area contributed by atoms with Crippen LogP contribution in [0.25, 0.3) is 5.76 Å². The second-order valence-corrected chi connectivity index (χ2v) is 8.37. The summed E-state index contributed by atoms with van der Waals surface area (Å²) in [4.78, 5) is 27.7. The van der Waals surface area contributed by atoms with E-state index in [1.54, 1.807) is 12.1 Å². The van der Waals surface area contributed by atoms with Gasteiger partial charge in [0.2, 0.25) is 0 Å². The van der Waals surface area contributed by atoms with Gasteiger partial charge in [-0.2, -0.15) is 0 Å². The maximum absolute atomic E-state index is 14.0. The monoisotopic (exact) mass is 485 g/mol. The van der Waals surface area contributed by atoms with Crippen LogP contribution in [0.4, 0.5) is 10.1 Å². The van der Waals surface area contributed by atoms with Crippen molar-refractivity contribution in [3.63, 3.8) is 0 Å². The lowest BCUT2D eigenvalue weighted by Crippen LogP contribution is -2.29. The number of anilines is 1. The van der Waals surface area contributed by atoms with Crippen LogP contribution >= 0.6 is 23.2 Å². The molecule has 0 bridgehead atoms. The van der Waals surface area contributed by atoms with E-state index in [9.17, 15) is 19.1 Å². The Morgan fingerprint density at radius 1 is 1.03 bits per heavy atom. The minimum absolute atomic E-state index is 0.0433. The number of nitrogens with zero attached hydrogens (tertiary/aromatic N) is 1. The average molecular weight is 486 g/mol. The van der Waals surface area contributed by atoms with Crippen molar-refractivity contribution < 1.29 is 23.8 Å². The Morgan fingerprint density at radius 3 is 2.33 bits per heavy atom. The van der Waals surface area contributed by atoms with Crippen molar-refractivity contribution in [2.24, 2.45) is 0 Å². The quantitative estimate of drug-likeness (QED) is 0.276. The van der Waals surface area contributed by atoms with Crippen LogP contribution in [0.1, 0.15) is 22.7 Å². The summed E-state index contributed by atoms with van der Waals surface area (Å²) in [5.74, 6) is -2.84. The van der Waals surface area contributed by atoms with Crippen LogP contribution in [-0.2, 0) is 9.59 Å². The van der Waals surface area contributed by atoms with Crippen molar-refractivity contribution in [3.8, 4) is 5.75 Å². The Balaban J connectivity index is 2.03. The first kappa shape index (κ1) is 22.8. The van der Waals surface area contributed by atoms with E-state index in [2.05, 4.69) is 0 Å². The van der Waals surface area contributed by atoms with Crippen molar-refractivity contribution in [3.05, 3.63) is 98.8 Å². The maximum atomic E-state index is 14.0. The van der Waals surface area contributed by atoms with E-state index in [1.165, 1.54) is 42.3 Å². The molecule has 1 amide bonds. The van der Waals surface area contributed by atoms with Gasteiger partial charge in [0, 0.05) is 15.7 Å². The van der Waals surface area contributed by atoms with E-state index in [1.807, 2.05) is 19.1 Å². The number of ether oxygens (including phenoxy) is 1. The highest BCUT2D eigenvalue weighted by molar-refractivity contribution is 6.52. The third-order valence-electron chi connectivity index (χ3n) is 5.47. The molecule has 1 fully saturated rings. The average Bonchev–Trinajstić information content (AvgIpc) is 3.03. The van der Waals surface area contributed by atoms with Crippen LogP contribution in [0.2, 0.25) is 10.0 Å². The third kappa shape index (κ3) is 4.08. The van der Waals surface area contributed by atoms with Crippen LogP contribution < -0.4 is 9.64 Å². The fourth-order valence-corrected chi connectivity index (χ4v) is 4.49. The predicted octanol–water partition coefficient (Wildman–Crippen LogP) is 6.08. The second kappa shape index (κ2) is 8.89. The Kier molecular flexibility index (Phi) is 6.15. The molecule has 1 N–H and O–H groups in total. The Labute approximate surface area is 199 Å². The minimum atomic E-state index is -1.01. The Morgan fingerprint density at radius 2 is 1.70 bits per heavy atom. The minimum Gasteiger partial charge on any atom is -0.507 e. The number of carbonyl (C=O) groups excluding carboxylic acids is 2. The van der Waals surface area contributed by atoms with E-state index in [-0.39, 0.29) is 32.6 Å². The molecular formula is C25H18Cl2FNO4. The third-order valence-corrected chi connectivity index (χ3v) is 5.91. The number of carbonyl (C=O) groups is 2. The predicted molar refractivity (Wildman–Crippen MR) is 125 cm³/mol. The first-order valence-corrected chi connectivity index (χ1v) is 10.6. The lowest BCUT2D eigenvalue weighted by atomic mass is 9.92. The molecule has 0 aliphatic carbocycles. The summed E-state index contributed by atoms with van der Waals surface area (Å²) in [7, 11) is 1.36. The molecule has 0 spiro atoms. The van der Waals surface area contributed by atoms with Crippen molar-refractivity contribution >= 4 is 46.3 Å². The molecule has 3 aromatic carbocycles. The molecule has 1 heterocycles. The summed E-state index contributed by atoms with van der Waals surface area (Å²) in [6.45, 7) is 1.82. The molecule has 168 valence electrons. The number of benzene rings is 3.